The highest BCUT2D eigenvalue weighted by molar-refractivity contribution is 6.31. The number of para-hydroxylation sites is 3. The fraction of sp³-hybridized carbons (Fsp3) is 0. The maximum absolute atomic E-state index is 4.86. The van der Waals surface area contributed by atoms with Crippen LogP contribution in [0, 0.1) is 0 Å². The molecule has 10 aromatic rings. The third-order valence-corrected chi connectivity index (χ3v) is 8.92. The Morgan fingerprint density at radius 2 is 1.07 bits per heavy atom. The SMILES string of the molecule is c1ccc(-n2c3ccccc3c3c2ccc2c4c(ccc5c6ncccc6c6nccn6c54)n(-c4ccccc4)c23)cc1. The zero-order chi connectivity index (χ0) is 28.1. The molecule has 0 unspecified atom stereocenters. The van der Waals surface area contributed by atoms with E-state index < -0.39 is 0 Å². The molecule has 0 spiro atoms. The van der Waals surface area contributed by atoms with Crippen molar-refractivity contribution in [1.29, 1.82) is 0 Å². The fourth-order valence-corrected chi connectivity index (χ4v) is 7.25. The molecule has 5 heteroatoms. The maximum Gasteiger partial charge on any atom is 0.146 e. The molecule has 0 saturated carbocycles. The van der Waals surface area contributed by atoms with Gasteiger partial charge in [-0.05, 0) is 66.7 Å². The normalized spacial score (nSPS) is 12.2. The van der Waals surface area contributed by atoms with Gasteiger partial charge in [-0.2, -0.15) is 0 Å². The summed E-state index contributed by atoms with van der Waals surface area (Å²) >= 11 is 0. The Hall–Kier alpha value is -5.94. The van der Waals surface area contributed by atoms with Crippen LogP contribution in [0.4, 0.5) is 0 Å². The number of hydrogen-bond acceptors (Lipinski definition) is 2. The fourth-order valence-electron chi connectivity index (χ4n) is 7.25. The van der Waals surface area contributed by atoms with Crippen LogP contribution in [0.15, 0.2) is 140 Å². The van der Waals surface area contributed by atoms with Gasteiger partial charge in [0.25, 0.3) is 0 Å². The summed E-state index contributed by atoms with van der Waals surface area (Å²) < 4.78 is 7.08. The zero-order valence-corrected chi connectivity index (χ0v) is 23.0. The number of imidazole rings is 1. The molecular formula is C38H23N5. The molecule has 0 aliphatic carbocycles. The largest absolute Gasteiger partial charge is 0.309 e. The van der Waals surface area contributed by atoms with Crippen molar-refractivity contribution < 1.29 is 0 Å². The van der Waals surface area contributed by atoms with Crippen LogP contribution in [-0.4, -0.2) is 23.5 Å². The first kappa shape index (κ1) is 22.7. The second-order valence-corrected chi connectivity index (χ2v) is 11.1. The first-order valence-corrected chi connectivity index (χ1v) is 14.5. The molecule has 0 radical (unpaired) electrons. The molecule has 0 amide bonds. The molecule has 5 aromatic heterocycles. The van der Waals surface area contributed by atoms with Crippen LogP contribution >= 0.6 is 0 Å². The summed E-state index contributed by atoms with van der Waals surface area (Å²) in [6.07, 6.45) is 5.85. The van der Waals surface area contributed by atoms with Gasteiger partial charge in [0.15, 0.2) is 0 Å². The maximum atomic E-state index is 4.86. The van der Waals surface area contributed by atoms with Gasteiger partial charge in [0.05, 0.1) is 33.1 Å². The summed E-state index contributed by atoms with van der Waals surface area (Å²) in [5.41, 5.74) is 10.0. The van der Waals surface area contributed by atoms with Gasteiger partial charge >= 0.3 is 0 Å². The van der Waals surface area contributed by atoms with Crippen molar-refractivity contribution >= 4 is 71.1 Å². The molecular weight excluding hydrogens is 526 g/mol. The molecule has 0 aliphatic rings. The number of aromatic nitrogens is 5. The lowest BCUT2D eigenvalue weighted by atomic mass is 10.0. The molecule has 5 aromatic carbocycles. The molecule has 5 nitrogen and oxygen atoms in total. The van der Waals surface area contributed by atoms with E-state index >= 15 is 0 Å². The molecule has 0 aliphatic heterocycles. The summed E-state index contributed by atoms with van der Waals surface area (Å²) in [7, 11) is 0. The first-order chi connectivity index (χ1) is 21.4. The van der Waals surface area contributed by atoms with Crippen LogP contribution in [0.3, 0.4) is 0 Å². The lowest BCUT2D eigenvalue weighted by Gasteiger charge is -2.11. The monoisotopic (exact) mass is 549 g/mol. The van der Waals surface area contributed by atoms with Gasteiger partial charge in [0.1, 0.15) is 5.65 Å². The summed E-state index contributed by atoms with van der Waals surface area (Å²) in [5.74, 6) is 0. The van der Waals surface area contributed by atoms with Crippen molar-refractivity contribution in [2.45, 2.75) is 0 Å². The second kappa shape index (κ2) is 8.30. The smallest absolute Gasteiger partial charge is 0.146 e. The Balaban J connectivity index is 1.51. The molecule has 0 bridgehead atoms. The number of benzene rings is 5. The Bertz CT molecular complexity index is 2710. The van der Waals surface area contributed by atoms with Crippen LogP contribution in [-0.2, 0) is 0 Å². The van der Waals surface area contributed by atoms with Crippen LogP contribution in [0.5, 0.6) is 0 Å². The quantitative estimate of drug-likeness (QED) is 0.202. The molecule has 0 N–H and O–H groups in total. The number of rotatable bonds is 2. The Labute approximate surface area is 245 Å². The minimum atomic E-state index is 0.922. The third kappa shape index (κ3) is 2.90. The predicted octanol–water partition coefficient (Wildman–Crippen LogP) is 9.23. The van der Waals surface area contributed by atoms with E-state index in [-0.39, 0.29) is 0 Å². The molecule has 200 valence electrons. The predicted molar refractivity (Wildman–Crippen MR) is 177 cm³/mol. The van der Waals surface area contributed by atoms with E-state index in [1.807, 2.05) is 18.5 Å². The average Bonchev–Trinajstić information content (AvgIpc) is 3.78. The molecule has 43 heavy (non-hydrogen) atoms. The van der Waals surface area contributed by atoms with Gasteiger partial charge in [-0.3, -0.25) is 9.38 Å². The first-order valence-electron chi connectivity index (χ1n) is 14.5. The van der Waals surface area contributed by atoms with E-state index in [1.165, 1.54) is 38.1 Å². The van der Waals surface area contributed by atoms with Crippen molar-refractivity contribution in [2.24, 2.45) is 0 Å². The van der Waals surface area contributed by atoms with Crippen molar-refractivity contribution in [3.05, 3.63) is 140 Å². The van der Waals surface area contributed by atoms with Crippen LogP contribution in [0.2, 0.25) is 0 Å². The summed E-state index contributed by atoms with van der Waals surface area (Å²) in [6.45, 7) is 0. The third-order valence-electron chi connectivity index (χ3n) is 8.92. The Kier molecular flexibility index (Phi) is 4.39. The zero-order valence-electron chi connectivity index (χ0n) is 23.0. The van der Waals surface area contributed by atoms with Crippen LogP contribution in [0.25, 0.3) is 82.4 Å². The Morgan fingerprint density at radius 3 is 1.88 bits per heavy atom. The summed E-state index contributed by atoms with van der Waals surface area (Å²) in [5, 5.41) is 7.05. The molecule has 5 heterocycles. The van der Waals surface area contributed by atoms with Gasteiger partial charge in [0.2, 0.25) is 0 Å². The molecule has 0 fully saturated rings. The molecule has 0 atom stereocenters. The van der Waals surface area contributed by atoms with E-state index in [2.05, 4.69) is 135 Å². The van der Waals surface area contributed by atoms with Crippen LogP contribution in [0.1, 0.15) is 0 Å². The number of pyridine rings is 2. The Morgan fingerprint density at radius 1 is 0.419 bits per heavy atom. The van der Waals surface area contributed by atoms with Gasteiger partial charge in [-0.1, -0.05) is 54.6 Å². The van der Waals surface area contributed by atoms with Gasteiger partial charge in [0, 0.05) is 62.3 Å². The van der Waals surface area contributed by atoms with E-state index in [4.69, 9.17) is 9.97 Å². The van der Waals surface area contributed by atoms with Gasteiger partial charge in [-0.15, -0.1) is 0 Å². The number of hydrogen-bond donors (Lipinski definition) is 0. The molecule has 10 rings (SSSR count). The highest BCUT2D eigenvalue weighted by atomic mass is 15.0. The number of nitrogens with zero attached hydrogens (tertiary/aromatic N) is 5. The summed E-state index contributed by atoms with van der Waals surface area (Å²) in [6, 6.07) is 43.3. The van der Waals surface area contributed by atoms with Crippen molar-refractivity contribution in [1.82, 2.24) is 23.5 Å². The standard InChI is InChI=1S/C38H23N5/c1-3-10-24(11-4-1)42-30-16-8-7-14-26(30)33-31(42)19-17-27-34-32(43(37(27)33)25-12-5-2-6-13-25)20-18-28-35-29(15-9-21-39-35)38-40-22-23-41(38)36(28)34/h1-23H. The average molecular weight is 550 g/mol. The second-order valence-electron chi connectivity index (χ2n) is 11.1. The lowest BCUT2D eigenvalue weighted by molar-refractivity contribution is 1.17. The van der Waals surface area contributed by atoms with Crippen molar-refractivity contribution in [3.63, 3.8) is 0 Å². The number of fused-ring (bicyclic) bond motifs is 14. The van der Waals surface area contributed by atoms with Gasteiger partial charge < -0.3 is 9.13 Å². The van der Waals surface area contributed by atoms with Crippen LogP contribution < -0.4 is 0 Å². The van der Waals surface area contributed by atoms with E-state index in [1.54, 1.807) is 0 Å². The minimum absolute atomic E-state index is 0.922. The summed E-state index contributed by atoms with van der Waals surface area (Å²) in [4.78, 5) is 9.64. The van der Waals surface area contributed by atoms with E-state index in [9.17, 15) is 0 Å². The minimum Gasteiger partial charge on any atom is -0.309 e. The van der Waals surface area contributed by atoms with Crippen molar-refractivity contribution in [3.8, 4) is 11.4 Å². The highest BCUT2D eigenvalue weighted by Crippen LogP contribution is 2.44. The van der Waals surface area contributed by atoms with E-state index in [0.29, 0.717) is 0 Å². The van der Waals surface area contributed by atoms with Gasteiger partial charge in [-0.25, -0.2) is 4.98 Å². The lowest BCUT2D eigenvalue weighted by Crippen LogP contribution is -1.96. The topological polar surface area (TPSA) is 40.1 Å². The highest BCUT2D eigenvalue weighted by Gasteiger charge is 2.23. The van der Waals surface area contributed by atoms with E-state index in [0.717, 1.165) is 44.3 Å². The molecule has 0 saturated heterocycles. The van der Waals surface area contributed by atoms with Crippen molar-refractivity contribution in [2.75, 3.05) is 0 Å².